The number of aliphatic hydroxyl groups is 1. The molecule has 8 nitrogen and oxygen atoms in total. The molecule has 2 atom stereocenters. The van der Waals surface area contributed by atoms with Gasteiger partial charge in [-0.05, 0) is 51.3 Å². The third-order valence-corrected chi connectivity index (χ3v) is 5.75. The van der Waals surface area contributed by atoms with E-state index >= 15 is 0 Å². The molecule has 0 radical (unpaired) electrons. The molecule has 4 rings (SSSR count). The number of nitrogens with one attached hydrogen (secondary N) is 1. The van der Waals surface area contributed by atoms with Gasteiger partial charge in [-0.2, -0.15) is 9.37 Å². The van der Waals surface area contributed by atoms with Crippen LogP contribution in [0.15, 0.2) is 30.6 Å². The van der Waals surface area contributed by atoms with Crippen molar-refractivity contribution in [3.8, 4) is 11.6 Å². The molecule has 1 saturated heterocycles. The number of benzene rings is 1. The van der Waals surface area contributed by atoms with Crippen molar-refractivity contribution in [2.75, 3.05) is 24.6 Å². The minimum absolute atomic E-state index is 0.0513. The van der Waals surface area contributed by atoms with Gasteiger partial charge in [0.25, 0.3) is 5.88 Å². The molecule has 178 valence electrons. The number of nitrogens with zero attached hydrogens (tertiary/aromatic N) is 3. The molecule has 2 unspecified atom stereocenters. The molecule has 0 bridgehead atoms. The largest absolute Gasteiger partial charge is 0.489 e. The lowest BCUT2D eigenvalue weighted by Gasteiger charge is -2.21. The van der Waals surface area contributed by atoms with Crippen molar-refractivity contribution in [1.82, 2.24) is 15.3 Å². The summed E-state index contributed by atoms with van der Waals surface area (Å²) in [5.74, 6) is -0.122. The highest BCUT2D eigenvalue weighted by atomic mass is 19.1. The number of ether oxygens (including phenoxy) is 2. The summed E-state index contributed by atoms with van der Waals surface area (Å²) in [7, 11) is 0. The van der Waals surface area contributed by atoms with Gasteiger partial charge in [-0.15, -0.1) is 0 Å². The van der Waals surface area contributed by atoms with Crippen LogP contribution in [-0.4, -0.2) is 58.4 Å². The van der Waals surface area contributed by atoms with Crippen LogP contribution >= 0.6 is 0 Å². The SMILES string of the molecule is CC(C(=O)NC1CC1)c1ccc(OC2CCN(c3ncnc(OCC(C)(C)O)c3F)C2)cc1. The fourth-order valence-corrected chi connectivity index (χ4v) is 3.66. The Labute approximate surface area is 193 Å². The Kier molecular flexibility index (Phi) is 6.69. The highest BCUT2D eigenvalue weighted by molar-refractivity contribution is 5.83. The molecule has 0 spiro atoms. The molecule has 33 heavy (non-hydrogen) atoms. The zero-order valence-electron chi connectivity index (χ0n) is 19.3. The van der Waals surface area contributed by atoms with Crippen LogP contribution in [0.1, 0.15) is 51.5 Å². The van der Waals surface area contributed by atoms with Gasteiger partial charge >= 0.3 is 0 Å². The van der Waals surface area contributed by atoms with E-state index in [4.69, 9.17) is 9.47 Å². The molecule has 1 aromatic carbocycles. The summed E-state index contributed by atoms with van der Waals surface area (Å²) in [5.41, 5.74) is -0.159. The van der Waals surface area contributed by atoms with Gasteiger partial charge in [0.1, 0.15) is 24.8 Å². The molecule has 1 aliphatic carbocycles. The highest BCUT2D eigenvalue weighted by Gasteiger charge is 2.29. The molecule has 2 heterocycles. The van der Waals surface area contributed by atoms with Crippen LogP contribution < -0.4 is 19.7 Å². The van der Waals surface area contributed by atoms with Gasteiger partial charge in [-0.1, -0.05) is 12.1 Å². The van der Waals surface area contributed by atoms with Crippen LogP contribution in [-0.2, 0) is 4.79 Å². The van der Waals surface area contributed by atoms with Gasteiger partial charge in [-0.25, -0.2) is 4.98 Å². The second-order valence-corrected chi connectivity index (χ2v) is 9.47. The van der Waals surface area contributed by atoms with E-state index in [2.05, 4.69) is 15.3 Å². The van der Waals surface area contributed by atoms with Crippen LogP contribution in [0.25, 0.3) is 0 Å². The average Bonchev–Trinajstić information content (AvgIpc) is 3.47. The first-order valence-corrected chi connectivity index (χ1v) is 11.4. The topological polar surface area (TPSA) is 96.8 Å². The number of halogens is 1. The van der Waals surface area contributed by atoms with Crippen molar-refractivity contribution < 1.29 is 23.8 Å². The number of hydrogen-bond donors (Lipinski definition) is 2. The maximum Gasteiger partial charge on any atom is 0.255 e. The maximum atomic E-state index is 14.9. The molecular weight excluding hydrogens is 427 g/mol. The molecule has 2 aromatic rings. The predicted octanol–water partition coefficient (Wildman–Crippen LogP) is 2.81. The quantitative estimate of drug-likeness (QED) is 0.596. The normalized spacial score (nSPS) is 19.3. The number of carbonyl (C=O) groups is 1. The summed E-state index contributed by atoms with van der Waals surface area (Å²) in [4.78, 5) is 22.0. The second-order valence-electron chi connectivity index (χ2n) is 9.47. The highest BCUT2D eigenvalue weighted by Crippen LogP contribution is 2.29. The Bertz CT molecular complexity index is 975. The van der Waals surface area contributed by atoms with Gasteiger partial charge in [0.15, 0.2) is 5.82 Å². The molecule has 9 heteroatoms. The van der Waals surface area contributed by atoms with Crippen molar-refractivity contribution >= 4 is 11.7 Å². The molecule has 1 aliphatic heterocycles. The summed E-state index contributed by atoms with van der Waals surface area (Å²) >= 11 is 0. The van der Waals surface area contributed by atoms with Crippen LogP contribution in [0.4, 0.5) is 10.2 Å². The first-order valence-electron chi connectivity index (χ1n) is 11.4. The Morgan fingerprint density at radius 1 is 1.27 bits per heavy atom. The van der Waals surface area contributed by atoms with Crippen LogP contribution in [0, 0.1) is 5.82 Å². The van der Waals surface area contributed by atoms with Crippen LogP contribution in [0.5, 0.6) is 11.6 Å². The molecule has 1 aromatic heterocycles. The molecule has 2 N–H and O–H groups in total. The first-order chi connectivity index (χ1) is 15.7. The van der Waals surface area contributed by atoms with Gasteiger partial charge in [-0.3, -0.25) is 4.79 Å². The summed E-state index contributed by atoms with van der Waals surface area (Å²) in [6.45, 7) is 6.03. The monoisotopic (exact) mass is 458 g/mol. The van der Waals surface area contributed by atoms with E-state index in [1.807, 2.05) is 31.2 Å². The zero-order valence-corrected chi connectivity index (χ0v) is 19.3. The van der Waals surface area contributed by atoms with Crippen molar-refractivity contribution in [2.45, 2.75) is 63.7 Å². The lowest BCUT2D eigenvalue weighted by Crippen LogP contribution is -2.29. The van der Waals surface area contributed by atoms with Gasteiger partial charge < -0.3 is 24.8 Å². The maximum absolute atomic E-state index is 14.9. The van der Waals surface area contributed by atoms with Gasteiger partial charge in [0.05, 0.1) is 18.1 Å². The zero-order chi connectivity index (χ0) is 23.6. The average molecular weight is 459 g/mol. The minimum atomic E-state index is -1.10. The van der Waals surface area contributed by atoms with Crippen molar-refractivity contribution in [3.05, 3.63) is 42.0 Å². The van der Waals surface area contributed by atoms with Crippen LogP contribution in [0.3, 0.4) is 0 Å². The molecule has 2 fully saturated rings. The second kappa shape index (κ2) is 9.51. The number of carbonyl (C=O) groups excluding carboxylic acids is 1. The van der Waals surface area contributed by atoms with E-state index in [0.717, 1.165) is 18.4 Å². The summed E-state index contributed by atoms with van der Waals surface area (Å²) in [6, 6.07) is 7.90. The molecule has 2 aliphatic rings. The summed E-state index contributed by atoms with van der Waals surface area (Å²) in [6.07, 6.45) is 3.98. The number of anilines is 1. The van der Waals surface area contributed by atoms with E-state index in [1.165, 1.54) is 6.33 Å². The van der Waals surface area contributed by atoms with Crippen molar-refractivity contribution in [3.63, 3.8) is 0 Å². The Balaban J connectivity index is 1.33. The van der Waals surface area contributed by atoms with Gasteiger partial charge in [0, 0.05) is 19.0 Å². The van der Waals surface area contributed by atoms with Crippen molar-refractivity contribution in [1.29, 1.82) is 0 Å². The first kappa shape index (κ1) is 23.2. The van der Waals surface area contributed by atoms with E-state index in [9.17, 15) is 14.3 Å². The number of amides is 1. The molecule has 1 saturated carbocycles. The van der Waals surface area contributed by atoms with Crippen molar-refractivity contribution in [2.24, 2.45) is 0 Å². The smallest absolute Gasteiger partial charge is 0.255 e. The summed E-state index contributed by atoms with van der Waals surface area (Å²) < 4.78 is 26.3. The predicted molar refractivity (Wildman–Crippen MR) is 121 cm³/mol. The third-order valence-electron chi connectivity index (χ3n) is 5.75. The number of aromatic nitrogens is 2. The molecule has 1 amide bonds. The lowest BCUT2D eigenvalue weighted by atomic mass is 10.0. The van der Waals surface area contributed by atoms with E-state index in [-0.39, 0.29) is 36.2 Å². The Morgan fingerprint density at radius 3 is 2.67 bits per heavy atom. The van der Waals surface area contributed by atoms with E-state index in [1.54, 1.807) is 18.7 Å². The van der Waals surface area contributed by atoms with Crippen LogP contribution in [0.2, 0.25) is 0 Å². The number of rotatable bonds is 9. The fourth-order valence-electron chi connectivity index (χ4n) is 3.66. The Morgan fingerprint density at radius 2 is 2.00 bits per heavy atom. The third kappa shape index (κ3) is 6.10. The van der Waals surface area contributed by atoms with Gasteiger partial charge in [0.2, 0.25) is 11.7 Å². The minimum Gasteiger partial charge on any atom is -0.489 e. The lowest BCUT2D eigenvalue weighted by molar-refractivity contribution is -0.122. The molecular formula is C24H31FN4O4. The summed E-state index contributed by atoms with van der Waals surface area (Å²) in [5, 5.41) is 12.8. The van der Waals surface area contributed by atoms with E-state index in [0.29, 0.717) is 31.3 Å². The fraction of sp³-hybridized carbons (Fsp3) is 0.542. The standard InChI is InChI=1S/C24H31FN4O4/c1-15(22(30)28-17-6-7-17)16-4-8-18(9-5-16)33-19-10-11-29(12-19)21-20(25)23(27-14-26-21)32-13-24(2,3)31/h4-5,8-9,14-15,17,19,31H,6-7,10-13H2,1-3H3,(H,28,30). The number of hydrogen-bond acceptors (Lipinski definition) is 7. The Hall–Kier alpha value is -2.94. The van der Waals surface area contributed by atoms with E-state index < -0.39 is 11.4 Å².